The first-order valence-electron chi connectivity index (χ1n) is 11.1. The molecule has 1 unspecified atom stereocenters. The van der Waals surface area contributed by atoms with Crippen LogP contribution in [0.4, 0.5) is 4.39 Å². The highest BCUT2D eigenvalue weighted by Crippen LogP contribution is 2.24. The minimum absolute atomic E-state index is 0.133. The van der Waals surface area contributed by atoms with Crippen LogP contribution in [0.25, 0.3) is 0 Å². The number of halogens is 1. The summed E-state index contributed by atoms with van der Waals surface area (Å²) in [6, 6.07) is 6.72. The molecule has 31 heavy (non-hydrogen) atoms. The van der Waals surface area contributed by atoms with Crippen molar-refractivity contribution < 1.29 is 14.0 Å². The lowest BCUT2D eigenvalue weighted by atomic mass is 9.91. The van der Waals surface area contributed by atoms with E-state index in [2.05, 4.69) is 15.7 Å². The van der Waals surface area contributed by atoms with E-state index in [1.54, 1.807) is 22.9 Å². The van der Waals surface area contributed by atoms with Crippen molar-refractivity contribution in [3.63, 3.8) is 0 Å². The summed E-state index contributed by atoms with van der Waals surface area (Å²) in [5, 5.41) is 10.9. The van der Waals surface area contributed by atoms with Crippen molar-refractivity contribution in [1.29, 1.82) is 0 Å². The van der Waals surface area contributed by atoms with Crippen LogP contribution in [-0.4, -0.2) is 52.2 Å². The molecule has 4 rings (SSSR count). The lowest BCUT2D eigenvalue weighted by Gasteiger charge is -2.25. The highest BCUT2D eigenvalue weighted by Gasteiger charge is 2.28. The Morgan fingerprint density at radius 1 is 1.29 bits per heavy atom. The van der Waals surface area contributed by atoms with Gasteiger partial charge < -0.3 is 15.5 Å². The van der Waals surface area contributed by atoms with Crippen molar-refractivity contribution in [2.75, 3.05) is 19.6 Å². The molecule has 0 bridgehead atoms. The van der Waals surface area contributed by atoms with Crippen LogP contribution < -0.4 is 10.6 Å². The number of nitrogens with zero attached hydrogens (tertiary/aromatic N) is 3. The van der Waals surface area contributed by atoms with Crippen LogP contribution in [0.5, 0.6) is 0 Å². The molecule has 2 aliphatic rings. The van der Waals surface area contributed by atoms with E-state index in [1.165, 1.54) is 6.07 Å². The van der Waals surface area contributed by atoms with Crippen LogP contribution in [0.3, 0.4) is 0 Å². The van der Waals surface area contributed by atoms with E-state index < -0.39 is 0 Å². The summed E-state index contributed by atoms with van der Waals surface area (Å²) in [5.41, 5.74) is 2.96. The maximum atomic E-state index is 13.8. The van der Waals surface area contributed by atoms with Gasteiger partial charge in [0.15, 0.2) is 5.69 Å². The topological polar surface area (TPSA) is 79.3 Å². The highest BCUT2D eigenvalue weighted by atomic mass is 19.1. The Morgan fingerprint density at radius 2 is 2.13 bits per heavy atom. The number of likely N-dealkylation sites (tertiary alicyclic amines) is 1. The molecule has 1 aromatic heterocycles. The van der Waals surface area contributed by atoms with Gasteiger partial charge in [0.05, 0.1) is 0 Å². The molecule has 2 N–H and O–H groups in total. The fourth-order valence-corrected chi connectivity index (χ4v) is 4.56. The Bertz CT molecular complexity index is 957. The molecular formula is C23H30FN5O2. The lowest BCUT2D eigenvalue weighted by molar-refractivity contribution is -0.127. The lowest BCUT2D eigenvalue weighted by Crippen LogP contribution is -2.37. The standard InChI is InChI=1S/C23H30FN5O2/c1-28-20-10-9-17(25-11-5-13-29-12-4-8-21(29)30)14-18(20)22(27-28)23(31)26-15-16-6-2-3-7-19(16)24/h2-3,6-7,17,25H,4-5,8-15H2,1H3,(H,26,31). The number of hydrogen-bond donors (Lipinski definition) is 2. The Hall–Kier alpha value is -2.74. The molecule has 1 saturated heterocycles. The van der Waals surface area contributed by atoms with Gasteiger partial charge in [-0.05, 0) is 44.7 Å². The van der Waals surface area contributed by atoms with Crippen molar-refractivity contribution in [2.24, 2.45) is 7.05 Å². The highest BCUT2D eigenvalue weighted by molar-refractivity contribution is 5.94. The van der Waals surface area contributed by atoms with Crippen LogP contribution in [0, 0.1) is 5.82 Å². The van der Waals surface area contributed by atoms with Gasteiger partial charge in [0.2, 0.25) is 5.91 Å². The van der Waals surface area contributed by atoms with Gasteiger partial charge >= 0.3 is 0 Å². The molecular weight excluding hydrogens is 397 g/mol. The third-order valence-electron chi connectivity index (χ3n) is 6.28. The molecule has 1 aliphatic heterocycles. The van der Waals surface area contributed by atoms with Gasteiger partial charge in [0, 0.05) is 56.0 Å². The molecule has 2 amide bonds. The molecule has 0 spiro atoms. The first-order chi connectivity index (χ1) is 15.0. The molecule has 7 nitrogen and oxygen atoms in total. The molecule has 1 fully saturated rings. The number of nitrogens with one attached hydrogen (secondary N) is 2. The van der Waals surface area contributed by atoms with Crippen LogP contribution in [-0.2, 0) is 31.2 Å². The molecule has 0 saturated carbocycles. The van der Waals surface area contributed by atoms with Gasteiger partial charge in [-0.3, -0.25) is 14.3 Å². The van der Waals surface area contributed by atoms with Crippen molar-refractivity contribution in [3.8, 4) is 0 Å². The monoisotopic (exact) mass is 427 g/mol. The number of carbonyl (C=O) groups is 2. The van der Waals surface area contributed by atoms with Crippen molar-refractivity contribution in [3.05, 3.63) is 52.6 Å². The van der Waals surface area contributed by atoms with E-state index in [-0.39, 0.29) is 30.2 Å². The van der Waals surface area contributed by atoms with Crippen molar-refractivity contribution in [2.45, 2.75) is 51.1 Å². The summed E-state index contributed by atoms with van der Waals surface area (Å²) in [6.07, 6.45) is 5.18. The largest absolute Gasteiger partial charge is 0.346 e. The summed E-state index contributed by atoms with van der Waals surface area (Å²) < 4.78 is 15.6. The zero-order chi connectivity index (χ0) is 21.8. The molecule has 1 atom stereocenters. The fraction of sp³-hybridized carbons (Fsp3) is 0.522. The average Bonchev–Trinajstić information content (AvgIpc) is 3.33. The van der Waals surface area contributed by atoms with Gasteiger partial charge in [0.1, 0.15) is 5.82 Å². The number of aromatic nitrogens is 2. The summed E-state index contributed by atoms with van der Waals surface area (Å²) in [7, 11) is 1.87. The molecule has 1 aromatic carbocycles. The summed E-state index contributed by atoms with van der Waals surface area (Å²) in [4.78, 5) is 26.4. The fourth-order valence-electron chi connectivity index (χ4n) is 4.56. The van der Waals surface area contributed by atoms with Crippen LogP contribution in [0.15, 0.2) is 24.3 Å². The van der Waals surface area contributed by atoms with Gasteiger partial charge in [-0.15, -0.1) is 0 Å². The smallest absolute Gasteiger partial charge is 0.272 e. The number of rotatable bonds is 8. The van der Waals surface area contributed by atoms with Gasteiger partial charge in [-0.2, -0.15) is 5.10 Å². The second-order valence-corrected chi connectivity index (χ2v) is 8.40. The molecule has 8 heteroatoms. The SMILES string of the molecule is Cn1nc(C(=O)NCc2ccccc2F)c2c1CCC(NCCCN1CCCC1=O)C2. The Labute approximate surface area is 182 Å². The summed E-state index contributed by atoms with van der Waals surface area (Å²) in [6.45, 7) is 2.67. The maximum Gasteiger partial charge on any atom is 0.272 e. The van der Waals surface area contributed by atoms with Gasteiger partial charge in [-0.25, -0.2) is 4.39 Å². The van der Waals surface area contributed by atoms with E-state index >= 15 is 0 Å². The number of aryl methyl sites for hydroxylation is 1. The summed E-state index contributed by atoms with van der Waals surface area (Å²) in [5.74, 6) is -0.331. The van der Waals surface area contributed by atoms with Gasteiger partial charge in [0.25, 0.3) is 5.91 Å². The van der Waals surface area contributed by atoms with Crippen LogP contribution in [0.1, 0.15) is 53.0 Å². The van der Waals surface area contributed by atoms with Crippen molar-refractivity contribution >= 4 is 11.8 Å². The quantitative estimate of drug-likeness (QED) is 0.631. The second-order valence-electron chi connectivity index (χ2n) is 8.40. The third kappa shape index (κ3) is 4.95. The summed E-state index contributed by atoms with van der Waals surface area (Å²) >= 11 is 0. The molecule has 2 aromatic rings. The molecule has 0 radical (unpaired) electrons. The predicted molar refractivity (Wildman–Crippen MR) is 115 cm³/mol. The predicted octanol–water partition coefficient (Wildman–Crippen LogP) is 1.95. The van der Waals surface area contributed by atoms with E-state index in [1.807, 2.05) is 11.9 Å². The zero-order valence-corrected chi connectivity index (χ0v) is 18.0. The third-order valence-corrected chi connectivity index (χ3v) is 6.28. The number of amides is 2. The van der Waals surface area contributed by atoms with Crippen molar-refractivity contribution in [1.82, 2.24) is 25.3 Å². The number of benzene rings is 1. The minimum atomic E-state index is -0.328. The van der Waals surface area contributed by atoms with Crippen LogP contribution >= 0.6 is 0 Å². The average molecular weight is 428 g/mol. The number of carbonyl (C=O) groups excluding carboxylic acids is 2. The number of hydrogen-bond acceptors (Lipinski definition) is 4. The van der Waals surface area contributed by atoms with E-state index in [0.717, 1.165) is 63.0 Å². The number of fused-ring (bicyclic) bond motifs is 1. The molecule has 2 heterocycles. The van der Waals surface area contributed by atoms with Gasteiger partial charge in [-0.1, -0.05) is 18.2 Å². The maximum absolute atomic E-state index is 13.8. The second kappa shape index (κ2) is 9.60. The molecule has 166 valence electrons. The minimum Gasteiger partial charge on any atom is -0.346 e. The first kappa shape index (κ1) is 21.5. The van der Waals surface area contributed by atoms with E-state index in [4.69, 9.17) is 0 Å². The Morgan fingerprint density at radius 3 is 2.90 bits per heavy atom. The first-order valence-corrected chi connectivity index (χ1v) is 11.1. The Kier molecular flexibility index (Phi) is 6.65. The molecule has 1 aliphatic carbocycles. The van der Waals surface area contributed by atoms with Crippen LogP contribution in [0.2, 0.25) is 0 Å². The normalized spacial score (nSPS) is 18.3. The Balaban J connectivity index is 1.32. The van der Waals surface area contributed by atoms with E-state index in [9.17, 15) is 14.0 Å². The van der Waals surface area contributed by atoms with E-state index in [0.29, 0.717) is 17.7 Å². The zero-order valence-electron chi connectivity index (χ0n) is 18.0.